The lowest BCUT2D eigenvalue weighted by Gasteiger charge is -2.04. The number of carboxylic acids is 1. The van der Waals surface area contributed by atoms with Gasteiger partial charge in [0.05, 0.1) is 24.1 Å². The molecule has 0 unspecified atom stereocenters. The molecule has 1 aromatic heterocycles. The predicted molar refractivity (Wildman–Crippen MR) is 89.5 cm³/mol. The molecule has 3 aromatic rings. The molecule has 0 spiro atoms. The zero-order chi connectivity index (χ0) is 16.9. The van der Waals surface area contributed by atoms with Crippen LogP contribution in [0.2, 0.25) is 0 Å². The van der Waals surface area contributed by atoms with Crippen molar-refractivity contribution >= 4 is 5.97 Å². The first-order chi connectivity index (χ1) is 11.7. The molecule has 24 heavy (non-hydrogen) atoms. The highest BCUT2D eigenvalue weighted by molar-refractivity contribution is 5.88. The van der Waals surface area contributed by atoms with Gasteiger partial charge in [0.2, 0.25) is 0 Å². The van der Waals surface area contributed by atoms with Gasteiger partial charge in [-0.05, 0) is 48.9 Å². The zero-order valence-corrected chi connectivity index (χ0v) is 13.2. The maximum Gasteiger partial charge on any atom is 0.335 e. The van der Waals surface area contributed by atoms with Crippen molar-refractivity contribution < 1.29 is 14.6 Å². The summed E-state index contributed by atoms with van der Waals surface area (Å²) in [6.07, 6.45) is 2.73. The average molecular weight is 323 g/mol. The van der Waals surface area contributed by atoms with Gasteiger partial charge >= 0.3 is 5.97 Å². The molecule has 0 amide bonds. The monoisotopic (exact) mass is 323 g/mol. The van der Waals surface area contributed by atoms with E-state index in [1.54, 1.807) is 35.1 Å². The van der Waals surface area contributed by atoms with Crippen molar-refractivity contribution in [1.29, 1.82) is 0 Å². The summed E-state index contributed by atoms with van der Waals surface area (Å²) >= 11 is 0. The van der Waals surface area contributed by atoms with Gasteiger partial charge in [0.15, 0.2) is 0 Å². The van der Waals surface area contributed by atoms with E-state index in [0.29, 0.717) is 18.0 Å². The van der Waals surface area contributed by atoms with Crippen LogP contribution in [0.1, 0.15) is 23.7 Å². The van der Waals surface area contributed by atoms with Crippen LogP contribution < -0.4 is 4.74 Å². The van der Waals surface area contributed by atoms with Gasteiger partial charge in [-0.1, -0.05) is 18.2 Å². The number of nitrogens with zero attached hydrogens (tertiary/aromatic N) is 3. The van der Waals surface area contributed by atoms with Gasteiger partial charge in [0.1, 0.15) is 11.4 Å². The number of aromatic nitrogens is 3. The number of hydrogen-bond acceptors (Lipinski definition) is 4. The molecule has 6 nitrogen and oxygen atoms in total. The predicted octanol–water partition coefficient (Wildman–Crippen LogP) is 3.42. The third kappa shape index (κ3) is 3.43. The molecule has 0 radical (unpaired) electrons. The van der Waals surface area contributed by atoms with Crippen molar-refractivity contribution in [3.8, 4) is 22.7 Å². The first-order valence-corrected chi connectivity index (χ1v) is 7.66. The number of carbonyl (C=O) groups is 1. The molecule has 122 valence electrons. The fraction of sp³-hybridized carbons (Fsp3) is 0.167. The normalized spacial score (nSPS) is 10.5. The zero-order valence-electron chi connectivity index (χ0n) is 13.2. The number of carboxylic acid groups (broad SMARTS) is 1. The van der Waals surface area contributed by atoms with Crippen molar-refractivity contribution in [3.05, 3.63) is 60.3 Å². The van der Waals surface area contributed by atoms with Crippen molar-refractivity contribution in [2.24, 2.45) is 0 Å². The van der Waals surface area contributed by atoms with Gasteiger partial charge in [-0.2, -0.15) is 0 Å². The molecule has 0 fully saturated rings. The summed E-state index contributed by atoms with van der Waals surface area (Å²) in [5.41, 5.74) is 2.48. The van der Waals surface area contributed by atoms with E-state index >= 15 is 0 Å². The number of aromatic carboxylic acids is 1. The Morgan fingerprint density at radius 3 is 2.71 bits per heavy atom. The van der Waals surface area contributed by atoms with Gasteiger partial charge in [-0.3, -0.25) is 0 Å². The fourth-order valence-electron chi connectivity index (χ4n) is 2.25. The molecule has 1 N–H and O–H groups in total. The van der Waals surface area contributed by atoms with E-state index in [1.807, 2.05) is 24.3 Å². The van der Waals surface area contributed by atoms with Crippen LogP contribution in [0.25, 0.3) is 16.9 Å². The van der Waals surface area contributed by atoms with E-state index in [9.17, 15) is 4.79 Å². The molecule has 0 aliphatic carbocycles. The highest BCUT2D eigenvalue weighted by Crippen LogP contribution is 2.21. The van der Waals surface area contributed by atoms with Gasteiger partial charge in [-0.15, -0.1) is 5.10 Å². The van der Waals surface area contributed by atoms with E-state index in [4.69, 9.17) is 9.84 Å². The van der Waals surface area contributed by atoms with Crippen LogP contribution in [0, 0.1) is 0 Å². The topological polar surface area (TPSA) is 77.2 Å². The van der Waals surface area contributed by atoms with E-state index in [-0.39, 0.29) is 5.56 Å². The summed E-state index contributed by atoms with van der Waals surface area (Å²) < 4.78 is 7.12. The van der Waals surface area contributed by atoms with Crippen LogP contribution in [-0.4, -0.2) is 32.7 Å². The Bertz CT molecular complexity index is 841. The van der Waals surface area contributed by atoms with Gasteiger partial charge < -0.3 is 9.84 Å². The number of rotatable bonds is 6. The first-order valence-electron chi connectivity index (χ1n) is 7.66. The highest BCUT2D eigenvalue weighted by Gasteiger charge is 2.08. The third-order valence-corrected chi connectivity index (χ3v) is 3.47. The second-order valence-corrected chi connectivity index (χ2v) is 5.28. The highest BCUT2D eigenvalue weighted by atomic mass is 16.5. The molecule has 1 heterocycles. The summed E-state index contributed by atoms with van der Waals surface area (Å²) in [5, 5.41) is 17.3. The molecular weight excluding hydrogens is 306 g/mol. The SMILES string of the molecule is CCCOc1ccc(-c2cn(-c3cccc(C(=O)O)c3)nn2)cc1. The van der Waals surface area contributed by atoms with Crippen LogP contribution in [-0.2, 0) is 0 Å². The van der Waals surface area contributed by atoms with E-state index < -0.39 is 5.97 Å². The van der Waals surface area contributed by atoms with E-state index in [1.165, 1.54) is 0 Å². The van der Waals surface area contributed by atoms with E-state index in [2.05, 4.69) is 17.2 Å². The number of hydrogen-bond donors (Lipinski definition) is 1. The molecule has 0 atom stereocenters. The molecule has 3 rings (SSSR count). The van der Waals surface area contributed by atoms with E-state index in [0.717, 1.165) is 17.7 Å². The summed E-state index contributed by atoms with van der Waals surface area (Å²) in [6, 6.07) is 14.2. The van der Waals surface area contributed by atoms with Gasteiger partial charge in [0.25, 0.3) is 0 Å². The Hall–Kier alpha value is -3.15. The van der Waals surface area contributed by atoms with Crippen LogP contribution in [0.5, 0.6) is 5.75 Å². The molecule has 0 aliphatic heterocycles. The van der Waals surface area contributed by atoms with Crippen LogP contribution in [0.3, 0.4) is 0 Å². The largest absolute Gasteiger partial charge is 0.494 e. The Kier molecular flexibility index (Phi) is 4.56. The molecule has 0 aliphatic rings. The van der Waals surface area contributed by atoms with Crippen LogP contribution in [0.4, 0.5) is 0 Å². The smallest absolute Gasteiger partial charge is 0.335 e. The van der Waals surface area contributed by atoms with Crippen molar-refractivity contribution in [3.63, 3.8) is 0 Å². The molecular formula is C18H17N3O3. The number of benzene rings is 2. The second-order valence-electron chi connectivity index (χ2n) is 5.28. The second kappa shape index (κ2) is 6.95. The van der Waals surface area contributed by atoms with Crippen LogP contribution in [0.15, 0.2) is 54.7 Å². The minimum atomic E-state index is -0.972. The van der Waals surface area contributed by atoms with Crippen molar-refractivity contribution in [2.75, 3.05) is 6.61 Å². The average Bonchev–Trinajstić information content (AvgIpc) is 3.10. The lowest BCUT2D eigenvalue weighted by atomic mass is 10.1. The van der Waals surface area contributed by atoms with Gasteiger partial charge in [0, 0.05) is 5.56 Å². The van der Waals surface area contributed by atoms with Crippen molar-refractivity contribution in [1.82, 2.24) is 15.0 Å². The van der Waals surface area contributed by atoms with Gasteiger partial charge in [-0.25, -0.2) is 9.48 Å². The Labute approximate surface area is 139 Å². The van der Waals surface area contributed by atoms with Crippen LogP contribution >= 0.6 is 0 Å². The summed E-state index contributed by atoms with van der Waals surface area (Å²) in [5.74, 6) is -0.151. The standard InChI is InChI=1S/C18H17N3O3/c1-2-10-24-16-8-6-13(7-9-16)17-12-21(20-19-17)15-5-3-4-14(11-15)18(22)23/h3-9,11-12H,2,10H2,1H3,(H,22,23). The minimum Gasteiger partial charge on any atom is -0.494 e. The lowest BCUT2D eigenvalue weighted by Crippen LogP contribution is -2.00. The quantitative estimate of drug-likeness (QED) is 0.752. The molecule has 0 saturated carbocycles. The first kappa shape index (κ1) is 15.7. The number of ether oxygens (including phenoxy) is 1. The maximum atomic E-state index is 11.1. The molecule has 6 heteroatoms. The van der Waals surface area contributed by atoms with Crippen molar-refractivity contribution in [2.45, 2.75) is 13.3 Å². The lowest BCUT2D eigenvalue weighted by molar-refractivity contribution is 0.0697. The Morgan fingerprint density at radius 2 is 2.00 bits per heavy atom. The molecule has 0 bridgehead atoms. The minimum absolute atomic E-state index is 0.210. The Morgan fingerprint density at radius 1 is 1.21 bits per heavy atom. The summed E-state index contributed by atoms with van der Waals surface area (Å²) in [7, 11) is 0. The maximum absolute atomic E-state index is 11.1. The fourth-order valence-corrected chi connectivity index (χ4v) is 2.25. The summed E-state index contributed by atoms with van der Waals surface area (Å²) in [4.78, 5) is 11.1. The third-order valence-electron chi connectivity index (χ3n) is 3.47. The Balaban J connectivity index is 1.82. The summed E-state index contributed by atoms with van der Waals surface area (Å²) in [6.45, 7) is 2.75. The molecule has 2 aromatic carbocycles. The molecule has 0 saturated heterocycles.